The molecule has 0 heterocycles. The molecular weight excluding hydrogens is 418 g/mol. The average molecular weight is 452 g/mol. The molecule has 4 heteroatoms. The first-order valence-corrected chi connectivity index (χ1v) is 11.1. The van der Waals surface area contributed by atoms with Crippen LogP contribution in [-0.4, -0.2) is 31.1 Å². The summed E-state index contributed by atoms with van der Waals surface area (Å²) < 4.78 is 11.8. The lowest BCUT2D eigenvalue weighted by Gasteiger charge is -2.18. The second kappa shape index (κ2) is 13.6. The van der Waals surface area contributed by atoms with E-state index >= 15 is 0 Å². The van der Waals surface area contributed by atoms with Crippen molar-refractivity contribution in [3.8, 4) is 11.5 Å². The van der Waals surface area contributed by atoms with Gasteiger partial charge in [0, 0.05) is 6.54 Å². The largest absolute Gasteiger partial charge is 0.492 e. The van der Waals surface area contributed by atoms with Crippen LogP contribution in [0, 0.1) is 0 Å². The van der Waals surface area contributed by atoms with Gasteiger partial charge in [-0.1, -0.05) is 74.5 Å². The van der Waals surface area contributed by atoms with Crippen LogP contribution in [0.2, 0.25) is 0 Å². The minimum Gasteiger partial charge on any atom is -0.492 e. The fourth-order valence-electron chi connectivity index (χ4n) is 3.38. The lowest BCUT2D eigenvalue weighted by atomic mass is 10.0. The second-order valence-corrected chi connectivity index (χ2v) is 7.57. The summed E-state index contributed by atoms with van der Waals surface area (Å²) in [4.78, 5) is 2.36. The van der Waals surface area contributed by atoms with E-state index in [1.807, 2.05) is 42.5 Å². The normalized spacial score (nSPS) is 11.2. The molecule has 0 unspecified atom stereocenters. The van der Waals surface area contributed by atoms with E-state index < -0.39 is 0 Å². The van der Waals surface area contributed by atoms with Gasteiger partial charge in [-0.15, -0.1) is 12.4 Å². The summed E-state index contributed by atoms with van der Waals surface area (Å²) in [5.74, 6) is 1.80. The molecule has 3 aromatic rings. The van der Waals surface area contributed by atoms with Gasteiger partial charge in [0.15, 0.2) is 0 Å². The van der Waals surface area contributed by atoms with Crippen LogP contribution >= 0.6 is 12.4 Å². The van der Waals surface area contributed by atoms with Crippen LogP contribution in [0.25, 0.3) is 11.6 Å². The SMILES string of the molecule is CCN(CC)CCOc1ccc(/C=C(\C)c2ccc(OCc3ccccc3)cc2)cc1.Cl. The van der Waals surface area contributed by atoms with Crippen molar-refractivity contribution in [1.82, 2.24) is 4.90 Å². The molecule has 3 aromatic carbocycles. The molecule has 0 bridgehead atoms. The van der Waals surface area contributed by atoms with Gasteiger partial charge in [-0.25, -0.2) is 0 Å². The zero-order valence-electron chi connectivity index (χ0n) is 19.3. The van der Waals surface area contributed by atoms with Crippen LogP contribution in [0.4, 0.5) is 0 Å². The third kappa shape index (κ3) is 8.07. The number of rotatable bonds is 11. The number of allylic oxidation sites excluding steroid dienone is 1. The molecule has 0 aliphatic rings. The molecule has 3 nitrogen and oxygen atoms in total. The van der Waals surface area contributed by atoms with E-state index in [0.29, 0.717) is 13.2 Å². The van der Waals surface area contributed by atoms with E-state index in [9.17, 15) is 0 Å². The predicted molar refractivity (Wildman–Crippen MR) is 138 cm³/mol. The van der Waals surface area contributed by atoms with Gasteiger partial charge in [-0.3, -0.25) is 0 Å². The van der Waals surface area contributed by atoms with Crippen molar-refractivity contribution in [3.05, 3.63) is 95.6 Å². The lowest BCUT2D eigenvalue weighted by molar-refractivity contribution is 0.223. The molecule has 0 aromatic heterocycles. The molecule has 0 amide bonds. The lowest BCUT2D eigenvalue weighted by Crippen LogP contribution is -2.27. The van der Waals surface area contributed by atoms with Crippen LogP contribution in [0.15, 0.2) is 78.9 Å². The van der Waals surface area contributed by atoms with Gasteiger partial charge >= 0.3 is 0 Å². The molecule has 0 spiro atoms. The molecule has 32 heavy (non-hydrogen) atoms. The van der Waals surface area contributed by atoms with E-state index in [4.69, 9.17) is 9.47 Å². The monoisotopic (exact) mass is 451 g/mol. The Bertz CT molecular complexity index is 933. The molecule has 0 aliphatic heterocycles. The number of benzene rings is 3. The number of halogens is 1. The molecule has 0 fully saturated rings. The van der Waals surface area contributed by atoms with E-state index in [2.05, 4.69) is 68.1 Å². The molecule has 0 saturated carbocycles. The Morgan fingerprint density at radius 3 is 2.00 bits per heavy atom. The molecule has 0 saturated heterocycles. The maximum absolute atomic E-state index is 5.88. The van der Waals surface area contributed by atoms with Crippen molar-refractivity contribution in [3.63, 3.8) is 0 Å². The van der Waals surface area contributed by atoms with Crippen LogP contribution in [-0.2, 0) is 6.61 Å². The minimum absolute atomic E-state index is 0. The van der Waals surface area contributed by atoms with Crippen molar-refractivity contribution >= 4 is 24.1 Å². The van der Waals surface area contributed by atoms with Crippen LogP contribution < -0.4 is 9.47 Å². The zero-order valence-corrected chi connectivity index (χ0v) is 20.1. The number of likely N-dealkylation sites (N-methyl/N-ethyl adjacent to an activating group) is 1. The first-order chi connectivity index (χ1) is 15.2. The highest BCUT2D eigenvalue weighted by atomic mass is 35.5. The molecule has 0 aliphatic carbocycles. The van der Waals surface area contributed by atoms with Gasteiger partial charge in [0.25, 0.3) is 0 Å². The van der Waals surface area contributed by atoms with Gasteiger partial charge in [0.2, 0.25) is 0 Å². The Hall–Kier alpha value is -2.75. The van der Waals surface area contributed by atoms with Crippen molar-refractivity contribution < 1.29 is 9.47 Å². The number of hydrogen-bond donors (Lipinski definition) is 0. The Morgan fingerprint density at radius 2 is 1.38 bits per heavy atom. The fraction of sp³-hybridized carbons (Fsp3) is 0.286. The summed E-state index contributed by atoms with van der Waals surface area (Å²) in [6, 6.07) is 26.8. The van der Waals surface area contributed by atoms with Crippen LogP contribution in [0.5, 0.6) is 11.5 Å². The Balaban J connectivity index is 0.00000363. The first-order valence-electron chi connectivity index (χ1n) is 11.1. The number of ether oxygens (including phenoxy) is 2. The van der Waals surface area contributed by atoms with E-state index in [1.165, 1.54) is 16.7 Å². The third-order valence-electron chi connectivity index (χ3n) is 5.39. The highest BCUT2D eigenvalue weighted by Gasteiger charge is 2.02. The van der Waals surface area contributed by atoms with E-state index in [1.54, 1.807) is 0 Å². The van der Waals surface area contributed by atoms with Crippen LogP contribution in [0.3, 0.4) is 0 Å². The highest BCUT2D eigenvalue weighted by Crippen LogP contribution is 2.22. The molecule has 0 atom stereocenters. The van der Waals surface area contributed by atoms with Crippen LogP contribution in [0.1, 0.15) is 37.5 Å². The van der Waals surface area contributed by atoms with Gasteiger partial charge in [0.1, 0.15) is 24.7 Å². The molecule has 0 N–H and O–H groups in total. The summed E-state index contributed by atoms with van der Waals surface area (Å²) in [6.07, 6.45) is 2.19. The quantitative estimate of drug-likeness (QED) is 0.294. The van der Waals surface area contributed by atoms with Crippen molar-refractivity contribution in [2.75, 3.05) is 26.2 Å². The summed E-state index contributed by atoms with van der Waals surface area (Å²) >= 11 is 0. The molecule has 3 rings (SSSR count). The average Bonchev–Trinajstić information content (AvgIpc) is 2.82. The van der Waals surface area contributed by atoms with Gasteiger partial charge in [0.05, 0.1) is 0 Å². The van der Waals surface area contributed by atoms with Crippen molar-refractivity contribution in [2.24, 2.45) is 0 Å². The van der Waals surface area contributed by atoms with Gasteiger partial charge < -0.3 is 14.4 Å². The third-order valence-corrected chi connectivity index (χ3v) is 5.39. The smallest absolute Gasteiger partial charge is 0.119 e. The molecule has 0 radical (unpaired) electrons. The number of nitrogens with zero attached hydrogens (tertiary/aromatic N) is 1. The topological polar surface area (TPSA) is 21.7 Å². The van der Waals surface area contributed by atoms with Crippen molar-refractivity contribution in [1.29, 1.82) is 0 Å². The Kier molecular flexibility index (Phi) is 10.9. The molecule has 170 valence electrons. The van der Waals surface area contributed by atoms with Gasteiger partial charge in [-0.05, 0) is 66.5 Å². The van der Waals surface area contributed by atoms with Gasteiger partial charge in [-0.2, -0.15) is 0 Å². The molecular formula is C28H34ClNO2. The van der Waals surface area contributed by atoms with E-state index in [-0.39, 0.29) is 12.4 Å². The standard InChI is InChI=1S/C28H33NO2.ClH/c1-4-29(5-2)19-20-30-27-15-11-24(12-16-27)21-23(3)26-13-17-28(18-14-26)31-22-25-9-7-6-8-10-25;/h6-18,21H,4-5,19-20,22H2,1-3H3;1H/b23-21+;. The summed E-state index contributed by atoms with van der Waals surface area (Å²) in [6.45, 7) is 10.9. The number of hydrogen-bond acceptors (Lipinski definition) is 3. The first kappa shape index (κ1) is 25.5. The summed E-state index contributed by atoms with van der Waals surface area (Å²) in [7, 11) is 0. The van der Waals surface area contributed by atoms with E-state index in [0.717, 1.165) is 36.7 Å². The second-order valence-electron chi connectivity index (χ2n) is 7.57. The highest BCUT2D eigenvalue weighted by molar-refractivity contribution is 5.85. The summed E-state index contributed by atoms with van der Waals surface area (Å²) in [5, 5.41) is 0. The minimum atomic E-state index is 0. The maximum Gasteiger partial charge on any atom is 0.119 e. The summed E-state index contributed by atoms with van der Waals surface area (Å²) in [5.41, 5.74) is 4.73. The van der Waals surface area contributed by atoms with Crippen molar-refractivity contribution in [2.45, 2.75) is 27.4 Å². The predicted octanol–water partition coefficient (Wildman–Crippen LogP) is 6.97. The Morgan fingerprint density at radius 1 is 0.781 bits per heavy atom. The fourth-order valence-corrected chi connectivity index (χ4v) is 3.38. The maximum atomic E-state index is 5.88. The Labute approximate surface area is 199 Å². The zero-order chi connectivity index (χ0) is 21.9.